The van der Waals surface area contributed by atoms with E-state index in [1.54, 1.807) is 0 Å². The lowest BCUT2D eigenvalue weighted by Gasteiger charge is -2.43. The van der Waals surface area contributed by atoms with Gasteiger partial charge in [0, 0.05) is 23.8 Å². The summed E-state index contributed by atoms with van der Waals surface area (Å²) < 4.78 is 26.9. The van der Waals surface area contributed by atoms with Crippen molar-refractivity contribution in [2.75, 3.05) is 20.3 Å². The van der Waals surface area contributed by atoms with Crippen LogP contribution in [0.4, 0.5) is 0 Å². The van der Waals surface area contributed by atoms with Gasteiger partial charge in [-0.1, -0.05) is 6.07 Å². The van der Waals surface area contributed by atoms with E-state index < -0.39 is 97.9 Å². The number of aromatic hydroxyl groups is 2. The number of hydrogen-bond donors (Lipinski definition) is 8. The van der Waals surface area contributed by atoms with Gasteiger partial charge in [0.15, 0.2) is 17.8 Å². The minimum atomic E-state index is -1.79. The van der Waals surface area contributed by atoms with Gasteiger partial charge in [0.05, 0.1) is 38.3 Å². The SMILES string of the molecule is COC(=O)C1=CO[C@H](O[C@@H]2O[C@@H](CO)[C@H](O)[C@@H](O)[C@@H]2O)[C@@H]2[C@H](CO)[C@@H](OC(=O)C=Cc3ccc(O)c(O)c3)[C@@H](O)[C@H]12. The molecule has 2 fully saturated rings. The number of rotatable bonds is 8. The van der Waals surface area contributed by atoms with E-state index in [-0.39, 0.29) is 11.3 Å². The predicted octanol–water partition coefficient (Wildman–Crippen LogP) is -2.53. The van der Waals surface area contributed by atoms with Crippen molar-refractivity contribution in [3.8, 4) is 11.5 Å². The third kappa shape index (κ3) is 6.02. The molecule has 1 saturated heterocycles. The number of methoxy groups -OCH3 is 1. The second-order valence-electron chi connectivity index (χ2n) is 9.83. The van der Waals surface area contributed by atoms with Gasteiger partial charge in [-0.15, -0.1) is 0 Å². The Bertz CT molecular complexity index is 1170. The quantitative estimate of drug-likeness (QED) is 0.0892. The third-order valence-corrected chi connectivity index (χ3v) is 7.45. The molecule has 0 aromatic heterocycles. The molecule has 1 aliphatic carbocycles. The Morgan fingerprint density at radius 1 is 0.951 bits per heavy atom. The number of hydrogen-bond acceptors (Lipinski definition) is 15. The zero-order valence-electron chi connectivity index (χ0n) is 21.7. The smallest absolute Gasteiger partial charge is 0.337 e. The van der Waals surface area contributed by atoms with Gasteiger partial charge in [0.25, 0.3) is 0 Å². The van der Waals surface area contributed by atoms with Crippen molar-refractivity contribution in [1.29, 1.82) is 0 Å². The molecular formula is C26H32O15. The van der Waals surface area contributed by atoms with Crippen molar-refractivity contribution in [2.45, 2.75) is 49.2 Å². The molecule has 1 saturated carbocycles. The number of esters is 2. The number of aliphatic hydroxyl groups is 6. The Morgan fingerprint density at radius 3 is 2.32 bits per heavy atom. The first kappa shape index (κ1) is 30.7. The lowest BCUT2D eigenvalue weighted by atomic mass is 9.82. The van der Waals surface area contributed by atoms with Crippen LogP contribution in [0.5, 0.6) is 11.5 Å². The van der Waals surface area contributed by atoms with E-state index in [0.29, 0.717) is 5.56 Å². The Morgan fingerprint density at radius 2 is 1.68 bits per heavy atom. The van der Waals surface area contributed by atoms with Crippen molar-refractivity contribution in [3.05, 3.63) is 41.7 Å². The maximum atomic E-state index is 12.7. The second kappa shape index (κ2) is 12.7. The van der Waals surface area contributed by atoms with Crippen molar-refractivity contribution in [1.82, 2.24) is 0 Å². The summed E-state index contributed by atoms with van der Waals surface area (Å²) in [5, 5.41) is 80.6. The highest BCUT2D eigenvalue weighted by Gasteiger charge is 2.60. The number of phenolic OH excluding ortho intramolecular Hbond substituents is 2. The highest BCUT2D eigenvalue weighted by molar-refractivity contribution is 5.89. The van der Waals surface area contributed by atoms with Gasteiger partial charge in [-0.05, 0) is 23.8 Å². The van der Waals surface area contributed by atoms with E-state index in [4.69, 9.17) is 23.7 Å². The first-order chi connectivity index (χ1) is 19.5. The molecule has 15 heteroatoms. The van der Waals surface area contributed by atoms with E-state index in [9.17, 15) is 50.4 Å². The Balaban J connectivity index is 1.58. The maximum absolute atomic E-state index is 12.7. The number of aliphatic hydroxyl groups excluding tert-OH is 6. The average molecular weight is 585 g/mol. The van der Waals surface area contributed by atoms with E-state index in [1.165, 1.54) is 24.3 Å². The number of fused-ring (bicyclic) bond motifs is 1. The van der Waals surface area contributed by atoms with Gasteiger partial charge >= 0.3 is 11.9 Å². The normalized spacial score (nSPS) is 36.8. The first-order valence-corrected chi connectivity index (χ1v) is 12.6. The topological polar surface area (TPSA) is 242 Å². The number of ether oxygens (including phenoxy) is 5. The van der Waals surface area contributed by atoms with Crippen LogP contribution in [0.2, 0.25) is 0 Å². The van der Waals surface area contributed by atoms with E-state index in [2.05, 4.69) is 0 Å². The minimum Gasteiger partial charge on any atom is -0.504 e. The average Bonchev–Trinajstić information content (AvgIpc) is 3.24. The molecule has 0 amide bonds. The van der Waals surface area contributed by atoms with Crippen LogP contribution in [0.15, 0.2) is 36.1 Å². The molecule has 2 heterocycles. The fourth-order valence-corrected chi connectivity index (χ4v) is 5.34. The van der Waals surface area contributed by atoms with Gasteiger partial charge < -0.3 is 64.5 Å². The Labute approximate surface area is 233 Å². The third-order valence-electron chi connectivity index (χ3n) is 7.45. The molecule has 0 radical (unpaired) electrons. The Hall–Kier alpha value is -3.28. The summed E-state index contributed by atoms with van der Waals surface area (Å²) in [5.41, 5.74) is 0.194. The standard InChI is InChI=1S/C26H32O15/c1-37-24(36)12-9-38-25(41-26-22(35)21(34)19(32)15(8-28)39-26)18-11(7-27)23(20(33)17(12)18)40-16(31)5-3-10-2-4-13(29)14(30)6-10/h2-6,9,11,15,17-23,25-30,32-35H,7-8H2,1H3/t11-,15-,17+,18+,19-,20-,21+,22-,23+,25+,26-/m0/s1. The molecule has 11 atom stereocenters. The van der Waals surface area contributed by atoms with Gasteiger partial charge in [0.1, 0.15) is 30.5 Å². The highest BCUT2D eigenvalue weighted by Crippen LogP contribution is 2.49. The molecule has 2 aliphatic heterocycles. The number of carbonyl (C=O) groups is 2. The summed E-state index contributed by atoms with van der Waals surface area (Å²) in [7, 11) is 1.10. The molecule has 8 N–H and O–H groups in total. The predicted molar refractivity (Wildman–Crippen MR) is 132 cm³/mol. The minimum absolute atomic E-state index is 0.147. The van der Waals surface area contributed by atoms with Crippen LogP contribution in [-0.4, -0.2) is 122 Å². The fraction of sp³-hybridized carbons (Fsp3) is 0.538. The lowest BCUT2D eigenvalue weighted by molar-refractivity contribution is -0.343. The summed E-state index contributed by atoms with van der Waals surface area (Å²) >= 11 is 0. The molecule has 41 heavy (non-hydrogen) atoms. The van der Waals surface area contributed by atoms with Crippen LogP contribution < -0.4 is 0 Å². The number of benzene rings is 1. The summed E-state index contributed by atoms with van der Waals surface area (Å²) in [6, 6.07) is 3.82. The molecule has 4 rings (SSSR count). The summed E-state index contributed by atoms with van der Waals surface area (Å²) in [5.74, 6) is -5.92. The van der Waals surface area contributed by atoms with Crippen LogP contribution in [0.25, 0.3) is 6.08 Å². The number of phenols is 2. The largest absolute Gasteiger partial charge is 0.504 e. The van der Waals surface area contributed by atoms with Crippen molar-refractivity contribution < 1.29 is 74.1 Å². The summed E-state index contributed by atoms with van der Waals surface area (Å²) in [6.07, 6.45) is -9.32. The van der Waals surface area contributed by atoms with Crippen molar-refractivity contribution in [2.24, 2.45) is 17.8 Å². The molecule has 3 aliphatic rings. The molecule has 15 nitrogen and oxygen atoms in total. The van der Waals surface area contributed by atoms with Crippen LogP contribution in [0.3, 0.4) is 0 Å². The van der Waals surface area contributed by atoms with Gasteiger partial charge in [0.2, 0.25) is 6.29 Å². The zero-order chi connectivity index (χ0) is 30.0. The second-order valence-corrected chi connectivity index (χ2v) is 9.83. The summed E-state index contributed by atoms with van der Waals surface area (Å²) in [4.78, 5) is 25.2. The molecular weight excluding hydrogens is 552 g/mol. The van der Waals surface area contributed by atoms with Crippen molar-refractivity contribution in [3.63, 3.8) is 0 Å². The van der Waals surface area contributed by atoms with E-state index in [1.807, 2.05) is 0 Å². The van der Waals surface area contributed by atoms with Crippen LogP contribution in [0, 0.1) is 17.8 Å². The molecule has 1 aromatic carbocycles. The van der Waals surface area contributed by atoms with Gasteiger partial charge in [-0.3, -0.25) is 0 Å². The van der Waals surface area contributed by atoms with Crippen LogP contribution in [0.1, 0.15) is 5.56 Å². The van der Waals surface area contributed by atoms with Gasteiger partial charge in [-0.25, -0.2) is 9.59 Å². The first-order valence-electron chi connectivity index (χ1n) is 12.6. The maximum Gasteiger partial charge on any atom is 0.337 e. The molecule has 0 spiro atoms. The summed E-state index contributed by atoms with van der Waals surface area (Å²) in [6.45, 7) is -1.40. The van der Waals surface area contributed by atoms with Crippen LogP contribution in [-0.2, 0) is 33.3 Å². The monoisotopic (exact) mass is 584 g/mol. The fourth-order valence-electron chi connectivity index (χ4n) is 5.34. The van der Waals surface area contributed by atoms with Crippen LogP contribution >= 0.6 is 0 Å². The van der Waals surface area contributed by atoms with Crippen molar-refractivity contribution >= 4 is 18.0 Å². The molecule has 0 unspecified atom stereocenters. The highest BCUT2D eigenvalue weighted by atomic mass is 16.8. The molecule has 0 bridgehead atoms. The molecule has 1 aromatic rings. The molecule has 226 valence electrons. The number of carbonyl (C=O) groups excluding carboxylic acids is 2. The Kier molecular flexibility index (Phi) is 9.51. The van der Waals surface area contributed by atoms with Gasteiger partial charge in [-0.2, -0.15) is 0 Å². The lowest BCUT2D eigenvalue weighted by Crippen LogP contribution is -2.60. The zero-order valence-corrected chi connectivity index (χ0v) is 21.7. The van der Waals surface area contributed by atoms with E-state index in [0.717, 1.165) is 19.4 Å². The van der Waals surface area contributed by atoms with E-state index >= 15 is 0 Å².